The summed E-state index contributed by atoms with van der Waals surface area (Å²) in [4.78, 5) is 11.9. The molecule has 0 bridgehead atoms. The summed E-state index contributed by atoms with van der Waals surface area (Å²) in [5.41, 5.74) is 6.55. The second kappa shape index (κ2) is 6.09. The van der Waals surface area contributed by atoms with Gasteiger partial charge in [-0.15, -0.1) is 0 Å². The SMILES string of the molecule is COC(=O)C1CCN(Cl)C1c1cc(N)ccc1S(=O)[O-]. The molecule has 1 aromatic rings. The van der Waals surface area contributed by atoms with E-state index in [2.05, 4.69) is 0 Å². The Labute approximate surface area is 124 Å². The maximum atomic E-state index is 11.8. The molecule has 6 nitrogen and oxygen atoms in total. The minimum Gasteiger partial charge on any atom is -0.768 e. The Morgan fingerprint density at radius 2 is 2.30 bits per heavy atom. The van der Waals surface area contributed by atoms with Gasteiger partial charge in [-0.3, -0.25) is 9.00 Å². The van der Waals surface area contributed by atoms with E-state index in [1.807, 2.05) is 0 Å². The Morgan fingerprint density at radius 3 is 2.90 bits per heavy atom. The van der Waals surface area contributed by atoms with Crippen LogP contribution in [-0.2, 0) is 20.6 Å². The number of benzene rings is 1. The average Bonchev–Trinajstić information content (AvgIpc) is 2.79. The molecule has 110 valence electrons. The minimum atomic E-state index is -2.43. The Kier molecular flexibility index (Phi) is 4.64. The molecular weight excluding hydrogens is 304 g/mol. The van der Waals surface area contributed by atoms with E-state index in [1.54, 1.807) is 0 Å². The van der Waals surface area contributed by atoms with Crippen LogP contribution in [0.25, 0.3) is 0 Å². The molecule has 1 fully saturated rings. The van der Waals surface area contributed by atoms with Crippen LogP contribution in [0.2, 0.25) is 0 Å². The molecule has 0 aliphatic carbocycles. The van der Waals surface area contributed by atoms with Crippen LogP contribution < -0.4 is 5.73 Å². The standard InChI is InChI=1S/C12H15ClN2O4S/c1-19-12(16)8-4-5-15(13)11(8)9-6-7(14)2-3-10(9)20(17)18/h2-3,6,8,11H,4-5,14H2,1H3,(H,17,18)/p-1. The van der Waals surface area contributed by atoms with Crippen molar-refractivity contribution in [3.8, 4) is 0 Å². The molecule has 1 heterocycles. The molecule has 2 N–H and O–H groups in total. The van der Waals surface area contributed by atoms with Crippen LogP contribution in [0.5, 0.6) is 0 Å². The van der Waals surface area contributed by atoms with Gasteiger partial charge >= 0.3 is 5.97 Å². The molecule has 1 saturated heterocycles. The molecule has 2 rings (SSSR count). The van der Waals surface area contributed by atoms with Crippen LogP contribution in [0.15, 0.2) is 23.1 Å². The summed E-state index contributed by atoms with van der Waals surface area (Å²) in [5, 5.41) is 0. The number of anilines is 1. The maximum absolute atomic E-state index is 11.8. The Morgan fingerprint density at radius 1 is 1.60 bits per heavy atom. The number of methoxy groups -OCH3 is 1. The highest BCUT2D eigenvalue weighted by Gasteiger charge is 2.41. The van der Waals surface area contributed by atoms with Crippen molar-refractivity contribution in [2.24, 2.45) is 5.92 Å². The van der Waals surface area contributed by atoms with Crippen LogP contribution >= 0.6 is 11.8 Å². The van der Waals surface area contributed by atoms with Crippen molar-refractivity contribution < 1.29 is 18.3 Å². The van der Waals surface area contributed by atoms with Crippen molar-refractivity contribution in [3.05, 3.63) is 23.8 Å². The van der Waals surface area contributed by atoms with Gasteiger partial charge in [0.05, 0.1) is 19.1 Å². The summed E-state index contributed by atoms with van der Waals surface area (Å²) in [5.74, 6) is -0.926. The zero-order chi connectivity index (χ0) is 14.9. The molecule has 1 aliphatic heterocycles. The highest BCUT2D eigenvalue weighted by molar-refractivity contribution is 7.79. The lowest BCUT2D eigenvalue weighted by Crippen LogP contribution is -2.25. The van der Waals surface area contributed by atoms with Gasteiger partial charge in [0.2, 0.25) is 0 Å². The fourth-order valence-electron chi connectivity index (χ4n) is 2.47. The molecule has 8 heteroatoms. The number of esters is 1. The van der Waals surface area contributed by atoms with Crippen molar-refractivity contribution in [2.45, 2.75) is 17.4 Å². The number of hydrogen-bond donors (Lipinski definition) is 1. The van der Waals surface area contributed by atoms with Gasteiger partial charge in [-0.25, -0.2) is 4.42 Å². The molecule has 0 amide bonds. The number of nitrogens with two attached hydrogens (primary N) is 1. The molecule has 0 radical (unpaired) electrons. The molecular formula is C12H14ClN2O4S-. The Hall–Kier alpha value is -1.15. The Bertz CT molecular complexity index is 554. The Balaban J connectivity index is 2.49. The van der Waals surface area contributed by atoms with E-state index in [4.69, 9.17) is 22.2 Å². The van der Waals surface area contributed by atoms with Gasteiger partial charge in [0, 0.05) is 17.1 Å². The van der Waals surface area contributed by atoms with Gasteiger partial charge in [0.15, 0.2) is 0 Å². The largest absolute Gasteiger partial charge is 0.768 e. The highest BCUT2D eigenvalue weighted by Crippen LogP contribution is 2.41. The first-order chi connectivity index (χ1) is 9.45. The fourth-order valence-corrected chi connectivity index (χ4v) is 3.36. The van der Waals surface area contributed by atoms with Gasteiger partial charge in [0.1, 0.15) is 0 Å². The average molecular weight is 318 g/mol. The van der Waals surface area contributed by atoms with E-state index in [9.17, 15) is 13.6 Å². The zero-order valence-electron chi connectivity index (χ0n) is 10.7. The molecule has 1 aromatic carbocycles. The van der Waals surface area contributed by atoms with Crippen molar-refractivity contribution in [1.82, 2.24) is 4.42 Å². The van der Waals surface area contributed by atoms with Crippen molar-refractivity contribution in [3.63, 3.8) is 0 Å². The first kappa shape index (κ1) is 15.2. The molecule has 3 unspecified atom stereocenters. The van der Waals surface area contributed by atoms with Gasteiger partial charge < -0.3 is 15.0 Å². The van der Waals surface area contributed by atoms with E-state index in [1.165, 1.54) is 29.7 Å². The topological polar surface area (TPSA) is 95.7 Å². The normalized spacial score (nSPS) is 24.6. The summed E-state index contributed by atoms with van der Waals surface area (Å²) in [6.07, 6.45) is 0.501. The van der Waals surface area contributed by atoms with E-state index >= 15 is 0 Å². The van der Waals surface area contributed by atoms with Crippen molar-refractivity contribution in [1.29, 1.82) is 0 Å². The van der Waals surface area contributed by atoms with Crippen LogP contribution in [0.4, 0.5) is 5.69 Å². The second-order valence-corrected chi connectivity index (χ2v) is 5.86. The highest BCUT2D eigenvalue weighted by atomic mass is 35.5. The predicted octanol–water partition coefficient (Wildman–Crippen LogP) is 1.20. The first-order valence-electron chi connectivity index (χ1n) is 5.94. The summed E-state index contributed by atoms with van der Waals surface area (Å²) < 4.78 is 28.8. The third-order valence-corrected chi connectivity index (χ3v) is 4.48. The van der Waals surface area contributed by atoms with E-state index in [0.717, 1.165) is 0 Å². The fraction of sp³-hybridized carbons (Fsp3) is 0.417. The van der Waals surface area contributed by atoms with Crippen molar-refractivity contribution >= 4 is 34.5 Å². The van der Waals surface area contributed by atoms with Crippen LogP contribution in [0.1, 0.15) is 18.0 Å². The van der Waals surface area contributed by atoms with E-state index in [0.29, 0.717) is 24.2 Å². The van der Waals surface area contributed by atoms with Crippen LogP contribution in [0, 0.1) is 5.92 Å². The van der Waals surface area contributed by atoms with Gasteiger partial charge in [-0.05, 0) is 53.0 Å². The number of hydrogen-bond acceptors (Lipinski definition) is 6. The number of nitrogens with zero attached hydrogens (tertiary/aromatic N) is 1. The van der Waals surface area contributed by atoms with Crippen molar-refractivity contribution in [2.75, 3.05) is 19.4 Å². The quantitative estimate of drug-likeness (QED) is 0.389. The second-order valence-electron chi connectivity index (χ2n) is 4.52. The zero-order valence-corrected chi connectivity index (χ0v) is 12.3. The summed E-state index contributed by atoms with van der Waals surface area (Å²) in [6, 6.07) is 3.87. The summed E-state index contributed by atoms with van der Waals surface area (Å²) in [7, 11) is 1.29. The lowest BCUT2D eigenvalue weighted by Gasteiger charge is -2.25. The summed E-state index contributed by atoms with van der Waals surface area (Å²) in [6.45, 7) is 0.464. The lowest BCUT2D eigenvalue weighted by molar-refractivity contribution is -0.146. The third-order valence-electron chi connectivity index (χ3n) is 3.37. The maximum Gasteiger partial charge on any atom is 0.310 e. The number of carbonyl (C=O) groups excluding carboxylic acids is 1. The minimum absolute atomic E-state index is 0.0886. The molecule has 3 atom stereocenters. The van der Waals surface area contributed by atoms with Crippen LogP contribution in [-0.4, -0.2) is 32.8 Å². The first-order valence-corrected chi connectivity index (χ1v) is 7.36. The molecule has 0 saturated carbocycles. The number of ether oxygens (including phenoxy) is 1. The third kappa shape index (κ3) is 2.80. The predicted molar refractivity (Wildman–Crippen MR) is 73.5 cm³/mol. The monoisotopic (exact) mass is 317 g/mol. The van der Waals surface area contributed by atoms with Crippen LogP contribution in [0.3, 0.4) is 0 Å². The molecule has 0 spiro atoms. The van der Waals surface area contributed by atoms with Gasteiger partial charge in [-0.1, -0.05) is 0 Å². The molecule has 0 aromatic heterocycles. The molecule has 1 aliphatic rings. The number of nitrogen functional groups attached to an aromatic ring is 1. The summed E-state index contributed by atoms with van der Waals surface area (Å²) >= 11 is 3.69. The smallest absolute Gasteiger partial charge is 0.310 e. The number of carbonyl (C=O) groups is 1. The van der Waals surface area contributed by atoms with Gasteiger partial charge in [-0.2, -0.15) is 0 Å². The number of rotatable bonds is 3. The number of halogens is 1. The van der Waals surface area contributed by atoms with E-state index < -0.39 is 29.0 Å². The van der Waals surface area contributed by atoms with E-state index in [-0.39, 0.29) is 4.90 Å². The lowest BCUT2D eigenvalue weighted by atomic mass is 9.94. The molecule has 20 heavy (non-hydrogen) atoms. The van der Waals surface area contributed by atoms with Gasteiger partial charge in [0.25, 0.3) is 0 Å².